The van der Waals surface area contributed by atoms with E-state index >= 15 is 0 Å². The number of thiophene rings is 1. The number of ether oxygens (including phenoxy) is 1. The molecule has 140 valence electrons. The largest absolute Gasteiger partial charge is 0.462 e. The van der Waals surface area contributed by atoms with E-state index in [9.17, 15) is 9.90 Å². The molecule has 2 heterocycles. The number of hydrogen-bond acceptors (Lipinski definition) is 5. The molecule has 1 unspecified atom stereocenters. The fourth-order valence-electron chi connectivity index (χ4n) is 4.26. The van der Waals surface area contributed by atoms with E-state index in [1.807, 2.05) is 16.8 Å². The molecule has 0 radical (unpaired) electrons. The van der Waals surface area contributed by atoms with Crippen molar-refractivity contribution in [2.24, 2.45) is 5.92 Å². The van der Waals surface area contributed by atoms with Gasteiger partial charge in [0.1, 0.15) is 6.61 Å². The molecule has 5 heteroatoms. The van der Waals surface area contributed by atoms with Crippen molar-refractivity contribution in [2.45, 2.75) is 63.4 Å². The normalized spacial score (nSPS) is 22.9. The molecule has 2 aliphatic rings. The second-order valence-corrected chi connectivity index (χ2v) is 8.29. The number of likely N-dealkylation sites (tertiary alicyclic amines) is 1. The minimum Gasteiger partial charge on any atom is -0.462 e. The minimum absolute atomic E-state index is 0.0264. The molecule has 4 nitrogen and oxygen atoms in total. The summed E-state index contributed by atoms with van der Waals surface area (Å²) in [6.45, 7) is 3.33. The minimum atomic E-state index is -1.47. The van der Waals surface area contributed by atoms with Crippen LogP contribution in [0.25, 0.3) is 0 Å². The maximum Gasteiger partial charge on any atom is 0.343 e. The van der Waals surface area contributed by atoms with Crippen LogP contribution in [0.1, 0.15) is 63.4 Å². The molecule has 2 fully saturated rings. The highest BCUT2D eigenvalue weighted by molar-refractivity contribution is 7.08. The molecule has 1 atom stereocenters. The van der Waals surface area contributed by atoms with Crippen molar-refractivity contribution in [1.29, 1.82) is 0 Å². The summed E-state index contributed by atoms with van der Waals surface area (Å²) < 4.78 is 5.60. The molecule has 25 heavy (non-hydrogen) atoms. The van der Waals surface area contributed by atoms with E-state index in [0.29, 0.717) is 12.2 Å². The van der Waals surface area contributed by atoms with Crippen molar-refractivity contribution in [1.82, 2.24) is 4.90 Å². The highest BCUT2D eigenvalue weighted by Crippen LogP contribution is 2.41. The summed E-state index contributed by atoms with van der Waals surface area (Å²) in [6.07, 6.45) is 10.2. The number of aliphatic hydroxyl groups is 1. The van der Waals surface area contributed by atoms with Gasteiger partial charge in [-0.2, -0.15) is 11.3 Å². The molecule has 1 aliphatic heterocycles. The monoisotopic (exact) mass is 365 g/mol. The number of carbonyl (C=O) groups excluding carboxylic acids is 1. The predicted octanol–water partition coefficient (Wildman–Crippen LogP) is 3.94. The van der Waals surface area contributed by atoms with Gasteiger partial charge < -0.3 is 9.84 Å². The molecular weight excluding hydrogens is 334 g/mol. The zero-order valence-corrected chi connectivity index (χ0v) is 15.9. The van der Waals surface area contributed by atoms with Crippen LogP contribution in [0.15, 0.2) is 16.8 Å². The second-order valence-electron chi connectivity index (χ2n) is 7.51. The van der Waals surface area contributed by atoms with E-state index in [2.05, 4.69) is 4.90 Å². The molecule has 1 aromatic rings. The summed E-state index contributed by atoms with van der Waals surface area (Å²) in [5.74, 6) is -0.478. The van der Waals surface area contributed by atoms with Crippen LogP contribution < -0.4 is 0 Å². The highest BCUT2D eigenvalue weighted by atomic mass is 32.1. The van der Waals surface area contributed by atoms with Crippen molar-refractivity contribution < 1.29 is 14.6 Å². The van der Waals surface area contributed by atoms with Gasteiger partial charge >= 0.3 is 5.97 Å². The topological polar surface area (TPSA) is 49.8 Å². The molecule has 1 aliphatic carbocycles. The van der Waals surface area contributed by atoms with Crippen LogP contribution in [0.2, 0.25) is 0 Å². The van der Waals surface area contributed by atoms with Crippen LogP contribution in [0.4, 0.5) is 0 Å². The maximum absolute atomic E-state index is 12.9. The zero-order valence-electron chi connectivity index (χ0n) is 15.1. The average Bonchev–Trinajstić information content (AvgIpc) is 3.07. The Balaban J connectivity index is 1.61. The first-order valence-electron chi connectivity index (χ1n) is 9.86. The number of carbonyl (C=O) groups is 1. The highest BCUT2D eigenvalue weighted by Gasteiger charge is 2.47. The van der Waals surface area contributed by atoms with Crippen LogP contribution in [-0.4, -0.2) is 42.2 Å². The van der Waals surface area contributed by atoms with E-state index in [0.717, 1.165) is 45.3 Å². The van der Waals surface area contributed by atoms with E-state index in [4.69, 9.17) is 4.74 Å². The molecule has 1 aromatic heterocycles. The third kappa shape index (κ3) is 4.63. The van der Waals surface area contributed by atoms with Gasteiger partial charge in [-0.3, -0.25) is 4.90 Å². The van der Waals surface area contributed by atoms with E-state index in [1.165, 1.54) is 43.4 Å². The smallest absolute Gasteiger partial charge is 0.343 e. The quantitative estimate of drug-likeness (QED) is 0.776. The predicted molar refractivity (Wildman–Crippen MR) is 101 cm³/mol. The van der Waals surface area contributed by atoms with E-state index < -0.39 is 11.6 Å². The number of hydrogen-bond donors (Lipinski definition) is 1. The van der Waals surface area contributed by atoms with Crippen molar-refractivity contribution in [3.8, 4) is 0 Å². The van der Waals surface area contributed by atoms with Gasteiger partial charge in [0, 0.05) is 18.0 Å². The lowest BCUT2D eigenvalue weighted by molar-refractivity contribution is -0.176. The van der Waals surface area contributed by atoms with E-state index in [-0.39, 0.29) is 5.92 Å². The molecule has 0 spiro atoms. The third-order valence-electron chi connectivity index (χ3n) is 5.81. The molecular formula is C20H31NO3S. The van der Waals surface area contributed by atoms with Gasteiger partial charge in [-0.15, -0.1) is 0 Å². The Morgan fingerprint density at radius 2 is 1.84 bits per heavy atom. The first-order valence-corrected chi connectivity index (χ1v) is 10.8. The van der Waals surface area contributed by atoms with Crippen LogP contribution in [-0.2, 0) is 15.1 Å². The van der Waals surface area contributed by atoms with Gasteiger partial charge in [-0.25, -0.2) is 4.79 Å². The molecule has 0 aromatic carbocycles. The van der Waals surface area contributed by atoms with E-state index in [1.54, 1.807) is 0 Å². The third-order valence-corrected chi connectivity index (χ3v) is 6.49. The summed E-state index contributed by atoms with van der Waals surface area (Å²) in [5, 5.41) is 15.2. The van der Waals surface area contributed by atoms with Crippen LogP contribution in [0.5, 0.6) is 0 Å². The Hall–Kier alpha value is -0.910. The summed E-state index contributed by atoms with van der Waals surface area (Å²) in [7, 11) is 0. The molecule has 1 saturated carbocycles. The van der Waals surface area contributed by atoms with Crippen molar-refractivity contribution in [3.63, 3.8) is 0 Å². The molecule has 0 bridgehead atoms. The summed E-state index contributed by atoms with van der Waals surface area (Å²) in [5.41, 5.74) is -0.761. The first-order chi connectivity index (χ1) is 12.2. The van der Waals surface area contributed by atoms with Gasteiger partial charge in [0.15, 0.2) is 5.60 Å². The molecule has 0 amide bonds. The number of esters is 1. The lowest BCUT2D eigenvalue weighted by Crippen LogP contribution is -2.45. The summed E-state index contributed by atoms with van der Waals surface area (Å²) in [4.78, 5) is 15.3. The van der Waals surface area contributed by atoms with Gasteiger partial charge in [0.05, 0.1) is 0 Å². The van der Waals surface area contributed by atoms with Crippen molar-refractivity contribution >= 4 is 17.3 Å². The average molecular weight is 366 g/mol. The van der Waals surface area contributed by atoms with Gasteiger partial charge in [0.25, 0.3) is 0 Å². The lowest BCUT2D eigenvalue weighted by Gasteiger charge is -2.36. The summed E-state index contributed by atoms with van der Waals surface area (Å²) >= 11 is 1.52. The van der Waals surface area contributed by atoms with Crippen molar-refractivity contribution in [3.05, 3.63) is 22.4 Å². The maximum atomic E-state index is 12.9. The van der Waals surface area contributed by atoms with Crippen LogP contribution in [0, 0.1) is 5.92 Å². The Morgan fingerprint density at radius 1 is 1.16 bits per heavy atom. The fourth-order valence-corrected chi connectivity index (χ4v) is 4.97. The molecule has 1 N–H and O–H groups in total. The fraction of sp³-hybridized carbons (Fsp3) is 0.750. The Bertz CT molecular complexity index is 519. The first kappa shape index (κ1) is 18.9. The SMILES string of the molecule is O=C(OCCN1CCCCCC1)C(O)(c1ccsc1)C1CCCCC1. The number of rotatable bonds is 6. The molecule has 3 rings (SSSR count). The second kappa shape index (κ2) is 9.15. The Kier molecular flexibility index (Phi) is 6.91. The number of nitrogens with zero attached hydrogens (tertiary/aromatic N) is 1. The summed E-state index contributed by atoms with van der Waals surface area (Å²) in [6, 6.07) is 1.87. The van der Waals surface area contributed by atoms with Gasteiger partial charge in [0.2, 0.25) is 0 Å². The van der Waals surface area contributed by atoms with Crippen molar-refractivity contribution in [2.75, 3.05) is 26.2 Å². The van der Waals surface area contributed by atoms with Gasteiger partial charge in [-0.1, -0.05) is 32.1 Å². The van der Waals surface area contributed by atoms with Crippen LogP contribution in [0.3, 0.4) is 0 Å². The van der Waals surface area contributed by atoms with Gasteiger partial charge in [-0.05, 0) is 55.6 Å². The standard InChI is InChI=1S/C20H31NO3S/c22-19(24-14-13-21-11-6-1-2-7-12-21)20(23,18-10-15-25-16-18)17-8-4-3-5-9-17/h10,15-17,23H,1-9,11-14H2. The van der Waals surface area contributed by atoms with Crippen LogP contribution >= 0.6 is 11.3 Å². The lowest BCUT2D eigenvalue weighted by atomic mass is 9.74. The zero-order chi connectivity index (χ0) is 17.5. The Morgan fingerprint density at radius 3 is 2.48 bits per heavy atom. The molecule has 1 saturated heterocycles. The Labute approximate surface area is 155 Å².